The SMILES string of the molecule is C=C(C)[C@@H]1CC[C@]2(C(=O)O)CC[C@]3(C)C(CCC4[C@@]5(C)CC[C@H](O[C@@H]6OC[C@H](O)[C@H](O)[C@H]6O[C@@H]6O[C@@H](C)[C@H](O)[C@@H](O)[C@H]6O)[C@@](C)(CO)C5CC[C@]43C)C12.C=C(C)[C@@H]1CC[C@]2(C(=O)OC(C)=O)CC[C@]3(C)C(CCC4[C@@]5(C)CC[C@H](O[C@@H]6OC[C@H](OC(C)=O)[C@H](OC(C)=O)[C@H]6O[C@@H]6O[C@@H](C)[C@H](OC(C)=O)[C@@H](OC(C)=O)[C@H]6OC(C)=O)[C@@](C)(COC(C)=O)C5CC[C@]43C)C12. The van der Waals surface area contributed by atoms with E-state index >= 15 is 0 Å². The number of ether oxygens (including phenoxy) is 15. The Labute approximate surface area is 747 Å². The Kier molecular flexibility index (Phi) is 28.5. The highest BCUT2D eigenvalue weighted by atomic mass is 16.8. The molecule has 0 aromatic rings. The number of fused-ring (bicyclic) bond motifs is 14. The molecule has 0 aromatic heterocycles. The van der Waals surface area contributed by atoms with Crippen LogP contribution in [0, 0.1) is 113 Å². The van der Waals surface area contributed by atoms with Crippen LogP contribution < -0.4 is 0 Å². The Morgan fingerprint density at radius 2 is 0.843 bits per heavy atom. The van der Waals surface area contributed by atoms with Gasteiger partial charge in [-0.15, -0.1) is 0 Å². The van der Waals surface area contributed by atoms with Crippen molar-refractivity contribution in [1.82, 2.24) is 0 Å². The van der Waals surface area contributed by atoms with Crippen molar-refractivity contribution in [2.24, 2.45) is 113 Å². The Balaban J connectivity index is 0.000000229. The first-order chi connectivity index (χ1) is 59.3. The lowest BCUT2D eigenvalue weighted by Crippen LogP contribution is -2.68. The fraction of sp³-hybridized carbons (Fsp3) is 0.865. The summed E-state index contributed by atoms with van der Waals surface area (Å²) in [4.78, 5) is 115. The summed E-state index contributed by atoms with van der Waals surface area (Å²) in [5, 5.41) is 74.9. The maximum absolute atomic E-state index is 14.1. The number of rotatable bonds is 20. The van der Waals surface area contributed by atoms with E-state index < -0.39 is 198 Å². The molecule has 31 nitrogen and oxygen atoms in total. The van der Waals surface area contributed by atoms with Crippen molar-refractivity contribution in [3.05, 3.63) is 24.3 Å². The number of aliphatic hydroxyl groups is 6. The summed E-state index contributed by atoms with van der Waals surface area (Å²) in [7, 11) is 0. The monoisotopic (exact) mass is 1790 g/mol. The Bertz CT molecular complexity index is 4130. The molecule has 40 atom stereocenters. The van der Waals surface area contributed by atoms with Gasteiger partial charge in [-0.2, -0.15) is 0 Å². The first-order valence-corrected chi connectivity index (χ1v) is 46.8. The van der Waals surface area contributed by atoms with Crippen LogP contribution in [-0.2, 0) is 114 Å². The Morgan fingerprint density at radius 1 is 0.386 bits per heavy atom. The second-order valence-corrected chi connectivity index (χ2v) is 43.1. The molecule has 716 valence electrons. The van der Waals surface area contributed by atoms with Crippen LogP contribution in [0.25, 0.3) is 0 Å². The van der Waals surface area contributed by atoms with Gasteiger partial charge < -0.3 is 107 Å². The third-order valence-corrected chi connectivity index (χ3v) is 36.7. The van der Waals surface area contributed by atoms with Crippen LogP contribution in [-0.4, -0.2) is 239 Å². The van der Waals surface area contributed by atoms with Crippen LogP contribution in [0.1, 0.15) is 260 Å². The van der Waals surface area contributed by atoms with Crippen LogP contribution in [0.2, 0.25) is 0 Å². The lowest BCUT2D eigenvalue weighted by Gasteiger charge is -2.73. The third-order valence-electron chi connectivity index (χ3n) is 36.7. The Hall–Kier alpha value is -5.65. The molecule has 0 bridgehead atoms. The molecule has 14 rings (SSSR count). The number of aliphatic carboxylic acids is 1. The summed E-state index contributed by atoms with van der Waals surface area (Å²) in [6.07, 6.45) is -9.43. The average molecular weight is 1800 g/mol. The maximum atomic E-state index is 14.1. The topological polar surface area (TPSA) is 434 Å². The molecule has 14 aliphatic rings. The fourth-order valence-electron chi connectivity index (χ4n) is 30.5. The van der Waals surface area contributed by atoms with E-state index in [4.69, 9.17) is 71.1 Å². The summed E-state index contributed by atoms with van der Waals surface area (Å²) < 4.78 is 90.8. The van der Waals surface area contributed by atoms with E-state index in [2.05, 4.69) is 82.4 Å². The van der Waals surface area contributed by atoms with E-state index in [-0.39, 0.29) is 106 Å². The van der Waals surface area contributed by atoms with E-state index in [1.54, 1.807) is 6.92 Å². The van der Waals surface area contributed by atoms with Gasteiger partial charge in [0.2, 0.25) is 0 Å². The van der Waals surface area contributed by atoms with Crippen molar-refractivity contribution in [2.75, 3.05) is 26.4 Å². The lowest BCUT2D eigenvalue weighted by molar-refractivity contribution is -0.367. The lowest BCUT2D eigenvalue weighted by atomic mass is 9.32. The summed E-state index contributed by atoms with van der Waals surface area (Å²) in [6, 6.07) is 0. The van der Waals surface area contributed by atoms with Gasteiger partial charge in [0.25, 0.3) is 0 Å². The van der Waals surface area contributed by atoms with Gasteiger partial charge in [0.05, 0.1) is 61.7 Å². The number of allylic oxidation sites excluding steroid dienone is 2. The van der Waals surface area contributed by atoms with Gasteiger partial charge in [0.1, 0.15) is 36.6 Å². The zero-order valence-corrected chi connectivity index (χ0v) is 78.1. The molecule has 10 aliphatic carbocycles. The van der Waals surface area contributed by atoms with E-state index in [1.165, 1.54) is 34.6 Å². The molecular weight excluding hydrogens is 1650 g/mol. The van der Waals surface area contributed by atoms with Crippen LogP contribution in [0.5, 0.6) is 0 Å². The first kappa shape index (κ1) is 98.8. The van der Waals surface area contributed by atoms with Gasteiger partial charge in [0.15, 0.2) is 61.8 Å². The molecule has 0 amide bonds. The average Bonchev–Trinajstić information content (AvgIpc) is 1.66. The van der Waals surface area contributed by atoms with E-state index in [0.29, 0.717) is 50.4 Å². The van der Waals surface area contributed by atoms with Crippen molar-refractivity contribution in [3.63, 3.8) is 0 Å². The maximum Gasteiger partial charge on any atom is 0.320 e. The zero-order chi connectivity index (χ0) is 93.2. The molecule has 4 saturated heterocycles. The molecule has 0 aromatic carbocycles. The molecule has 0 spiro atoms. The second-order valence-electron chi connectivity index (χ2n) is 43.1. The zero-order valence-electron chi connectivity index (χ0n) is 78.1. The normalized spacial score (nSPS) is 48.9. The smallest absolute Gasteiger partial charge is 0.320 e. The largest absolute Gasteiger partial charge is 0.481 e. The van der Waals surface area contributed by atoms with E-state index in [9.17, 15) is 78.9 Å². The van der Waals surface area contributed by atoms with Crippen molar-refractivity contribution in [3.8, 4) is 0 Å². The molecule has 14 fully saturated rings. The van der Waals surface area contributed by atoms with Crippen LogP contribution in [0.4, 0.5) is 0 Å². The van der Waals surface area contributed by atoms with E-state index in [1.807, 2.05) is 0 Å². The van der Waals surface area contributed by atoms with Crippen LogP contribution >= 0.6 is 0 Å². The van der Waals surface area contributed by atoms with Crippen molar-refractivity contribution in [2.45, 2.75) is 383 Å². The van der Waals surface area contributed by atoms with Crippen molar-refractivity contribution < 1.29 is 150 Å². The van der Waals surface area contributed by atoms with Gasteiger partial charge in [-0.05, 0) is 248 Å². The number of esters is 8. The van der Waals surface area contributed by atoms with Gasteiger partial charge in [0, 0.05) is 59.3 Å². The molecule has 10 saturated carbocycles. The molecular formula is C96H146O31. The number of carbonyl (C=O) groups is 9. The predicted molar refractivity (Wildman–Crippen MR) is 450 cm³/mol. The van der Waals surface area contributed by atoms with Gasteiger partial charge in [-0.1, -0.05) is 79.7 Å². The highest BCUT2D eigenvalue weighted by molar-refractivity contribution is 5.88. The summed E-state index contributed by atoms with van der Waals surface area (Å²) in [6.45, 7) is 42.6. The molecule has 0 radical (unpaired) electrons. The summed E-state index contributed by atoms with van der Waals surface area (Å²) >= 11 is 0. The van der Waals surface area contributed by atoms with Gasteiger partial charge >= 0.3 is 53.7 Å². The highest BCUT2D eigenvalue weighted by Gasteiger charge is 2.76. The molecule has 4 aliphatic heterocycles. The summed E-state index contributed by atoms with van der Waals surface area (Å²) in [5.74, 6) is -4.30. The number of hydrogen-bond donors (Lipinski definition) is 7. The number of carbonyl (C=O) groups excluding carboxylic acids is 8. The molecule has 127 heavy (non-hydrogen) atoms. The molecule has 31 heteroatoms. The number of hydrogen-bond acceptors (Lipinski definition) is 30. The molecule has 4 heterocycles. The van der Waals surface area contributed by atoms with Gasteiger partial charge in [-0.3, -0.25) is 43.2 Å². The molecule has 7 N–H and O–H groups in total. The minimum atomic E-state index is -1.62. The standard InChI is InChI=1S/C55H80O19.C41H66O12/c1-27(2)36-17-22-55(50(63)72-35(10)62)24-23-53(13)37(42(36)55)15-16-40-51(11)20-19-41(52(12,26-65-29(4)56)39(51)18-21-54(40,53)14)73-48-46(44(69-32(7)59)38(25-64-48)67-30(5)57)74-49-47(71-34(9)61)45(70-33(8)60)43(28(3)66-49)68-31(6)58;1-20(2)22-10-15-41(36(48)49)17-16-39(6)23(28(22)41)8-9-26-37(4)13-12-27(38(5,19-42)25(37)11-14-40(26,39)7)52-35-33(30(45)24(43)18-50-35)53-34-32(47)31(46)29(44)21(3)51-34/h28,36-49H,1,15-26H2,2-14H3;21-35,42-47H,1,8-19H2,2-7H3,(H,48,49)/t28-,36-,37?,38-,39?,40?,41-,42?,43-,44-,45+,46+,47+,48-,49-,51-,52-,53+,54+,55-;21-,22-,23?,24-,25?,26?,27-,28?,29-,30-,31+,32+,33+,34-,35-,37-,38-,39+,40+,41-/m00/s1. The second kappa shape index (κ2) is 36.6. The summed E-state index contributed by atoms with van der Waals surface area (Å²) in [5.41, 5.74) is -1.58. The minimum Gasteiger partial charge on any atom is -0.481 e. The minimum absolute atomic E-state index is 0.000793. The van der Waals surface area contributed by atoms with Crippen LogP contribution in [0.15, 0.2) is 24.3 Å². The number of carboxylic acid groups (broad SMARTS) is 1. The van der Waals surface area contributed by atoms with Crippen molar-refractivity contribution in [1.29, 1.82) is 0 Å². The highest BCUT2D eigenvalue weighted by Crippen LogP contribution is 2.80. The fourth-order valence-corrected chi connectivity index (χ4v) is 30.5. The van der Waals surface area contributed by atoms with Crippen LogP contribution in [0.3, 0.4) is 0 Å². The molecule has 8 unspecified atom stereocenters. The number of carboxylic acids is 1. The number of aliphatic hydroxyl groups excluding tert-OH is 6. The quantitative estimate of drug-likeness (QED) is 0.0196. The third kappa shape index (κ3) is 17.0. The first-order valence-electron chi connectivity index (χ1n) is 46.8. The Morgan fingerprint density at radius 3 is 1.35 bits per heavy atom. The van der Waals surface area contributed by atoms with Gasteiger partial charge in [-0.25, -0.2) is 0 Å². The predicted octanol–water partition coefficient (Wildman–Crippen LogP) is 10.2. The van der Waals surface area contributed by atoms with E-state index in [0.717, 1.165) is 122 Å². The van der Waals surface area contributed by atoms with Crippen molar-refractivity contribution >= 4 is 53.7 Å².